The Bertz CT molecular complexity index is 859. The highest BCUT2D eigenvalue weighted by Gasteiger charge is 2.24. The molecule has 132 valence electrons. The van der Waals surface area contributed by atoms with Gasteiger partial charge >= 0.3 is 0 Å². The van der Waals surface area contributed by atoms with Crippen molar-refractivity contribution in [2.75, 3.05) is 10.6 Å². The van der Waals surface area contributed by atoms with E-state index in [1.807, 2.05) is 23.1 Å². The van der Waals surface area contributed by atoms with Gasteiger partial charge in [-0.1, -0.05) is 6.42 Å². The summed E-state index contributed by atoms with van der Waals surface area (Å²) in [5, 5.41) is 12.2. The molecule has 0 bridgehead atoms. The SMILES string of the molecule is CC(C)n1cc(Nc2nc(N[C@@H](C)C3CCC3)c3cc[nH]c3n2)cn1. The Morgan fingerprint density at radius 3 is 2.76 bits per heavy atom. The van der Waals surface area contributed by atoms with Gasteiger partial charge in [0.1, 0.15) is 11.5 Å². The van der Waals surface area contributed by atoms with Crippen molar-refractivity contribution in [3.63, 3.8) is 0 Å². The van der Waals surface area contributed by atoms with Crippen LogP contribution in [0.4, 0.5) is 17.5 Å². The summed E-state index contributed by atoms with van der Waals surface area (Å²) in [4.78, 5) is 12.5. The molecule has 1 fully saturated rings. The molecular formula is C18H25N7. The lowest BCUT2D eigenvalue weighted by molar-refractivity contribution is 0.285. The minimum Gasteiger partial charge on any atom is -0.367 e. The van der Waals surface area contributed by atoms with Crippen LogP contribution >= 0.6 is 0 Å². The zero-order chi connectivity index (χ0) is 17.4. The van der Waals surface area contributed by atoms with Gasteiger partial charge in [-0.25, -0.2) is 0 Å². The Morgan fingerprint density at radius 1 is 1.24 bits per heavy atom. The number of nitrogens with one attached hydrogen (secondary N) is 3. The van der Waals surface area contributed by atoms with Gasteiger partial charge in [0, 0.05) is 24.5 Å². The lowest BCUT2D eigenvalue weighted by atomic mass is 9.80. The summed E-state index contributed by atoms with van der Waals surface area (Å²) in [6.45, 7) is 6.44. The van der Waals surface area contributed by atoms with Crippen LogP contribution in [0.5, 0.6) is 0 Å². The number of aromatic nitrogens is 5. The van der Waals surface area contributed by atoms with Gasteiger partial charge in [0.15, 0.2) is 0 Å². The van der Waals surface area contributed by atoms with Gasteiger partial charge in [0.2, 0.25) is 5.95 Å². The zero-order valence-corrected chi connectivity index (χ0v) is 15.0. The molecular weight excluding hydrogens is 314 g/mol. The van der Waals surface area contributed by atoms with Crippen LogP contribution in [0.3, 0.4) is 0 Å². The molecule has 0 unspecified atom stereocenters. The van der Waals surface area contributed by atoms with Crippen LogP contribution in [0.15, 0.2) is 24.7 Å². The maximum atomic E-state index is 4.71. The largest absolute Gasteiger partial charge is 0.367 e. The van der Waals surface area contributed by atoms with Crippen LogP contribution in [0.2, 0.25) is 0 Å². The van der Waals surface area contributed by atoms with E-state index in [9.17, 15) is 0 Å². The number of rotatable bonds is 6. The second-order valence-electron chi connectivity index (χ2n) is 7.19. The first kappa shape index (κ1) is 15.9. The van der Waals surface area contributed by atoms with E-state index in [-0.39, 0.29) is 0 Å². The van der Waals surface area contributed by atoms with Gasteiger partial charge in [0.05, 0.1) is 17.3 Å². The first-order chi connectivity index (χ1) is 12.1. The van der Waals surface area contributed by atoms with Crippen LogP contribution in [0.1, 0.15) is 46.1 Å². The lowest BCUT2D eigenvalue weighted by Crippen LogP contribution is -2.31. The first-order valence-electron chi connectivity index (χ1n) is 9.03. The average molecular weight is 339 g/mol. The molecule has 3 N–H and O–H groups in total. The average Bonchev–Trinajstić information content (AvgIpc) is 3.14. The minimum absolute atomic E-state index is 0.322. The van der Waals surface area contributed by atoms with Crippen LogP contribution in [-0.2, 0) is 0 Å². The molecule has 25 heavy (non-hydrogen) atoms. The van der Waals surface area contributed by atoms with Crippen molar-refractivity contribution in [3.05, 3.63) is 24.7 Å². The molecule has 0 amide bonds. The van der Waals surface area contributed by atoms with Crippen molar-refractivity contribution in [1.82, 2.24) is 24.7 Å². The van der Waals surface area contributed by atoms with E-state index < -0.39 is 0 Å². The fourth-order valence-corrected chi connectivity index (χ4v) is 3.19. The van der Waals surface area contributed by atoms with Crippen molar-refractivity contribution < 1.29 is 0 Å². The van der Waals surface area contributed by atoms with E-state index in [0.717, 1.165) is 28.5 Å². The number of hydrogen-bond donors (Lipinski definition) is 3. The molecule has 3 heterocycles. The normalized spacial score (nSPS) is 16.2. The van der Waals surface area contributed by atoms with Crippen LogP contribution < -0.4 is 10.6 Å². The van der Waals surface area contributed by atoms with E-state index in [2.05, 4.69) is 46.5 Å². The molecule has 0 aromatic carbocycles. The van der Waals surface area contributed by atoms with Crippen LogP contribution in [0, 0.1) is 5.92 Å². The summed E-state index contributed by atoms with van der Waals surface area (Å²) in [5.41, 5.74) is 1.72. The smallest absolute Gasteiger partial charge is 0.231 e. The van der Waals surface area contributed by atoms with Gasteiger partial charge in [-0.05, 0) is 45.6 Å². The minimum atomic E-state index is 0.322. The Balaban J connectivity index is 1.60. The highest BCUT2D eigenvalue weighted by atomic mass is 15.3. The number of aromatic amines is 1. The van der Waals surface area contributed by atoms with Gasteiger partial charge in [-0.3, -0.25) is 4.68 Å². The number of fused-ring (bicyclic) bond motifs is 1. The molecule has 1 atom stereocenters. The molecule has 0 radical (unpaired) electrons. The second kappa shape index (κ2) is 6.38. The molecule has 7 nitrogen and oxygen atoms in total. The number of H-pyrrole nitrogens is 1. The highest BCUT2D eigenvalue weighted by molar-refractivity contribution is 5.88. The fourth-order valence-electron chi connectivity index (χ4n) is 3.19. The maximum Gasteiger partial charge on any atom is 0.231 e. The van der Waals surface area contributed by atoms with Crippen LogP contribution in [0.25, 0.3) is 11.0 Å². The molecule has 1 aliphatic rings. The topological polar surface area (TPSA) is 83.5 Å². The summed E-state index contributed by atoms with van der Waals surface area (Å²) in [5.74, 6) is 2.19. The highest BCUT2D eigenvalue weighted by Crippen LogP contribution is 2.32. The number of anilines is 3. The lowest BCUT2D eigenvalue weighted by Gasteiger charge is -2.32. The molecule has 1 saturated carbocycles. The Hall–Kier alpha value is -2.57. The van der Waals surface area contributed by atoms with Gasteiger partial charge in [-0.15, -0.1) is 0 Å². The molecule has 0 saturated heterocycles. The van der Waals surface area contributed by atoms with Gasteiger partial charge < -0.3 is 15.6 Å². The first-order valence-corrected chi connectivity index (χ1v) is 9.03. The number of hydrogen-bond acceptors (Lipinski definition) is 5. The summed E-state index contributed by atoms with van der Waals surface area (Å²) in [6, 6.07) is 2.76. The van der Waals surface area contributed by atoms with E-state index in [0.29, 0.717) is 18.0 Å². The standard InChI is InChI=1S/C18H25N7/c1-11(2)25-10-14(9-20-25)22-18-23-16-15(7-8-19-16)17(24-18)21-12(3)13-5-4-6-13/h7-13H,4-6H2,1-3H3,(H3,19,21,22,23,24)/t12-/m0/s1. The number of nitrogens with zero attached hydrogens (tertiary/aromatic N) is 4. The second-order valence-corrected chi connectivity index (χ2v) is 7.19. The van der Waals surface area contributed by atoms with Gasteiger partial charge in [-0.2, -0.15) is 15.1 Å². The van der Waals surface area contributed by atoms with Crippen molar-refractivity contribution in [1.29, 1.82) is 0 Å². The maximum absolute atomic E-state index is 4.71. The molecule has 0 aliphatic heterocycles. The molecule has 1 aliphatic carbocycles. The molecule has 0 spiro atoms. The summed E-state index contributed by atoms with van der Waals surface area (Å²) >= 11 is 0. The third kappa shape index (κ3) is 3.18. The summed E-state index contributed by atoms with van der Waals surface area (Å²) in [7, 11) is 0. The van der Waals surface area contributed by atoms with E-state index >= 15 is 0 Å². The van der Waals surface area contributed by atoms with Crippen molar-refractivity contribution in [2.24, 2.45) is 5.92 Å². The monoisotopic (exact) mass is 339 g/mol. The van der Waals surface area contributed by atoms with Crippen molar-refractivity contribution in [3.8, 4) is 0 Å². The quantitative estimate of drug-likeness (QED) is 0.630. The summed E-state index contributed by atoms with van der Waals surface area (Å²) < 4.78 is 1.91. The predicted molar refractivity (Wildman–Crippen MR) is 100 cm³/mol. The zero-order valence-electron chi connectivity index (χ0n) is 15.0. The molecule has 3 aromatic rings. The van der Waals surface area contributed by atoms with E-state index in [1.165, 1.54) is 19.3 Å². The third-order valence-corrected chi connectivity index (χ3v) is 5.02. The van der Waals surface area contributed by atoms with Crippen LogP contribution in [-0.4, -0.2) is 30.8 Å². The van der Waals surface area contributed by atoms with Crippen molar-refractivity contribution >= 4 is 28.5 Å². The Labute approximate surface area is 147 Å². The molecule has 4 rings (SSSR count). The summed E-state index contributed by atoms with van der Waals surface area (Å²) in [6.07, 6.45) is 9.61. The Morgan fingerprint density at radius 2 is 2.08 bits per heavy atom. The fraction of sp³-hybridized carbons (Fsp3) is 0.500. The van der Waals surface area contributed by atoms with E-state index in [4.69, 9.17) is 4.98 Å². The van der Waals surface area contributed by atoms with Gasteiger partial charge in [0.25, 0.3) is 0 Å². The third-order valence-electron chi connectivity index (χ3n) is 5.02. The molecule has 7 heteroatoms. The molecule has 3 aromatic heterocycles. The Kier molecular flexibility index (Phi) is 4.07. The van der Waals surface area contributed by atoms with E-state index in [1.54, 1.807) is 6.20 Å². The van der Waals surface area contributed by atoms with Crippen molar-refractivity contribution in [2.45, 2.75) is 52.1 Å². The predicted octanol–water partition coefficient (Wildman–Crippen LogP) is 4.08.